The highest BCUT2D eigenvalue weighted by Crippen LogP contribution is 2.46. The molecule has 0 bridgehead atoms. The first kappa shape index (κ1) is 13.4. The van der Waals surface area contributed by atoms with E-state index in [2.05, 4.69) is 10.2 Å². The average molecular weight is 266 g/mol. The Hall–Kier alpha value is -0.610. The Labute approximate surface area is 115 Å². The lowest BCUT2D eigenvalue weighted by Gasteiger charge is -2.40. The zero-order chi connectivity index (χ0) is 13.3. The number of rotatable bonds is 2. The SMILES string of the molecule is CNC1COCC1C(=O)N1CCC2(CCCC2)CC1. The first-order valence-electron chi connectivity index (χ1n) is 7.78. The van der Waals surface area contributed by atoms with Gasteiger partial charge in [-0.25, -0.2) is 0 Å². The Bertz CT molecular complexity index is 329. The molecular formula is C15H26N2O2. The van der Waals surface area contributed by atoms with E-state index in [9.17, 15) is 4.79 Å². The summed E-state index contributed by atoms with van der Waals surface area (Å²) in [6.07, 6.45) is 8.01. The van der Waals surface area contributed by atoms with Gasteiger partial charge in [-0.2, -0.15) is 0 Å². The van der Waals surface area contributed by atoms with Crippen molar-refractivity contribution in [1.29, 1.82) is 0 Å². The van der Waals surface area contributed by atoms with Crippen molar-refractivity contribution in [3.05, 3.63) is 0 Å². The van der Waals surface area contributed by atoms with E-state index >= 15 is 0 Å². The van der Waals surface area contributed by atoms with Crippen LogP contribution in [0, 0.1) is 11.3 Å². The van der Waals surface area contributed by atoms with Gasteiger partial charge in [-0.1, -0.05) is 12.8 Å². The van der Waals surface area contributed by atoms with Crippen LogP contribution in [0.25, 0.3) is 0 Å². The van der Waals surface area contributed by atoms with Crippen LogP contribution in [0.2, 0.25) is 0 Å². The quantitative estimate of drug-likeness (QED) is 0.821. The van der Waals surface area contributed by atoms with Crippen LogP contribution in [0.15, 0.2) is 0 Å². The summed E-state index contributed by atoms with van der Waals surface area (Å²) in [5.74, 6) is 0.340. The van der Waals surface area contributed by atoms with E-state index < -0.39 is 0 Å². The molecule has 1 amide bonds. The molecule has 1 spiro atoms. The first-order chi connectivity index (χ1) is 9.24. The molecular weight excluding hydrogens is 240 g/mol. The van der Waals surface area contributed by atoms with Gasteiger partial charge >= 0.3 is 0 Å². The molecule has 1 aliphatic carbocycles. The highest BCUT2D eigenvalue weighted by Gasteiger charge is 2.41. The molecule has 0 aromatic carbocycles. The van der Waals surface area contributed by atoms with Gasteiger partial charge in [-0.15, -0.1) is 0 Å². The molecule has 1 saturated carbocycles. The van der Waals surface area contributed by atoms with Crippen molar-refractivity contribution in [2.75, 3.05) is 33.4 Å². The van der Waals surface area contributed by atoms with Crippen LogP contribution in [0.3, 0.4) is 0 Å². The third kappa shape index (κ3) is 2.52. The number of carbonyl (C=O) groups is 1. The average Bonchev–Trinajstić information content (AvgIpc) is 3.08. The second kappa shape index (κ2) is 5.41. The molecule has 3 rings (SSSR count). The number of carbonyl (C=O) groups excluding carboxylic acids is 1. The number of nitrogens with zero attached hydrogens (tertiary/aromatic N) is 1. The summed E-state index contributed by atoms with van der Waals surface area (Å²) in [6.45, 7) is 3.19. The molecule has 108 valence electrons. The van der Waals surface area contributed by atoms with Crippen LogP contribution in [0.1, 0.15) is 38.5 Å². The number of piperidine rings is 1. The summed E-state index contributed by atoms with van der Waals surface area (Å²) < 4.78 is 5.46. The fourth-order valence-corrected chi connectivity index (χ4v) is 4.14. The summed E-state index contributed by atoms with van der Waals surface area (Å²) in [5.41, 5.74) is 0.589. The van der Waals surface area contributed by atoms with E-state index in [1.54, 1.807) is 0 Å². The van der Waals surface area contributed by atoms with Crippen molar-refractivity contribution in [2.24, 2.45) is 11.3 Å². The molecule has 1 N–H and O–H groups in total. The molecule has 2 atom stereocenters. The number of nitrogens with one attached hydrogen (secondary N) is 1. The highest BCUT2D eigenvalue weighted by atomic mass is 16.5. The van der Waals surface area contributed by atoms with E-state index in [0.29, 0.717) is 24.5 Å². The van der Waals surface area contributed by atoms with Gasteiger partial charge in [0.2, 0.25) is 5.91 Å². The van der Waals surface area contributed by atoms with Crippen molar-refractivity contribution >= 4 is 5.91 Å². The van der Waals surface area contributed by atoms with E-state index in [1.165, 1.54) is 38.5 Å². The zero-order valence-electron chi connectivity index (χ0n) is 12.0. The molecule has 3 fully saturated rings. The summed E-state index contributed by atoms with van der Waals surface area (Å²) in [6, 6.07) is 0.204. The maximum atomic E-state index is 12.6. The van der Waals surface area contributed by atoms with E-state index in [4.69, 9.17) is 4.74 Å². The Morgan fingerprint density at radius 1 is 1.16 bits per heavy atom. The van der Waals surface area contributed by atoms with Gasteiger partial charge in [-0.05, 0) is 38.1 Å². The summed E-state index contributed by atoms with van der Waals surface area (Å²) >= 11 is 0. The monoisotopic (exact) mass is 266 g/mol. The van der Waals surface area contributed by atoms with Crippen LogP contribution in [0.4, 0.5) is 0 Å². The van der Waals surface area contributed by atoms with Crippen molar-refractivity contribution < 1.29 is 9.53 Å². The minimum absolute atomic E-state index is 0.0302. The Morgan fingerprint density at radius 3 is 2.47 bits per heavy atom. The van der Waals surface area contributed by atoms with Gasteiger partial charge < -0.3 is 15.0 Å². The Balaban J connectivity index is 1.57. The molecule has 0 radical (unpaired) electrons. The molecule has 0 aromatic rings. The third-order valence-electron chi connectivity index (χ3n) is 5.57. The van der Waals surface area contributed by atoms with Crippen LogP contribution < -0.4 is 5.32 Å². The molecule has 19 heavy (non-hydrogen) atoms. The Kier molecular flexibility index (Phi) is 3.81. The number of hydrogen-bond acceptors (Lipinski definition) is 3. The molecule has 2 heterocycles. The number of likely N-dealkylation sites (N-methyl/N-ethyl adjacent to an activating group) is 1. The smallest absolute Gasteiger partial charge is 0.229 e. The molecule has 4 heteroatoms. The largest absolute Gasteiger partial charge is 0.379 e. The molecule has 2 saturated heterocycles. The van der Waals surface area contributed by atoms with Crippen LogP contribution in [-0.2, 0) is 9.53 Å². The van der Waals surface area contributed by atoms with Crippen molar-refractivity contribution in [3.8, 4) is 0 Å². The predicted octanol–water partition coefficient (Wildman–Crippen LogP) is 1.40. The minimum atomic E-state index is 0.0302. The lowest BCUT2D eigenvalue weighted by Crippen LogP contribution is -2.49. The topological polar surface area (TPSA) is 41.6 Å². The Morgan fingerprint density at radius 2 is 1.84 bits per heavy atom. The number of ether oxygens (including phenoxy) is 1. The normalized spacial score (nSPS) is 34.1. The number of hydrogen-bond donors (Lipinski definition) is 1. The molecule has 2 unspecified atom stereocenters. The fraction of sp³-hybridized carbons (Fsp3) is 0.933. The van der Waals surface area contributed by atoms with E-state index in [-0.39, 0.29) is 12.0 Å². The lowest BCUT2D eigenvalue weighted by molar-refractivity contribution is -0.138. The van der Waals surface area contributed by atoms with Crippen LogP contribution >= 0.6 is 0 Å². The van der Waals surface area contributed by atoms with Crippen molar-refractivity contribution in [1.82, 2.24) is 10.2 Å². The summed E-state index contributed by atoms with van der Waals surface area (Å²) in [5, 5.41) is 3.21. The van der Waals surface area contributed by atoms with E-state index in [0.717, 1.165) is 13.1 Å². The van der Waals surface area contributed by atoms with Gasteiger partial charge in [0.25, 0.3) is 0 Å². The zero-order valence-corrected chi connectivity index (χ0v) is 12.0. The lowest BCUT2D eigenvalue weighted by atomic mass is 9.77. The van der Waals surface area contributed by atoms with Gasteiger partial charge in [0.05, 0.1) is 19.1 Å². The predicted molar refractivity (Wildman–Crippen MR) is 73.9 cm³/mol. The summed E-state index contributed by atoms with van der Waals surface area (Å²) in [4.78, 5) is 14.7. The molecule has 4 nitrogen and oxygen atoms in total. The highest BCUT2D eigenvalue weighted by molar-refractivity contribution is 5.80. The molecule has 2 aliphatic heterocycles. The van der Waals surface area contributed by atoms with Gasteiger partial charge in [0.15, 0.2) is 0 Å². The summed E-state index contributed by atoms with van der Waals surface area (Å²) in [7, 11) is 1.92. The molecule has 3 aliphatic rings. The number of likely N-dealkylation sites (tertiary alicyclic amines) is 1. The van der Waals surface area contributed by atoms with Gasteiger partial charge in [0.1, 0.15) is 0 Å². The van der Waals surface area contributed by atoms with E-state index in [1.807, 2.05) is 7.05 Å². The minimum Gasteiger partial charge on any atom is -0.379 e. The second-order valence-electron chi connectivity index (χ2n) is 6.57. The molecule has 0 aromatic heterocycles. The second-order valence-corrected chi connectivity index (χ2v) is 6.57. The maximum Gasteiger partial charge on any atom is 0.229 e. The first-order valence-corrected chi connectivity index (χ1v) is 7.78. The van der Waals surface area contributed by atoms with Crippen LogP contribution in [0.5, 0.6) is 0 Å². The third-order valence-corrected chi connectivity index (χ3v) is 5.57. The fourth-order valence-electron chi connectivity index (χ4n) is 4.14. The van der Waals surface area contributed by atoms with Gasteiger partial charge in [0, 0.05) is 19.1 Å². The van der Waals surface area contributed by atoms with Gasteiger partial charge in [-0.3, -0.25) is 4.79 Å². The maximum absolute atomic E-state index is 12.6. The van der Waals surface area contributed by atoms with Crippen LogP contribution in [-0.4, -0.2) is 50.2 Å². The number of amides is 1. The van der Waals surface area contributed by atoms with Crippen molar-refractivity contribution in [2.45, 2.75) is 44.6 Å². The van der Waals surface area contributed by atoms with Crippen molar-refractivity contribution in [3.63, 3.8) is 0 Å². The standard InChI is InChI=1S/C15H26N2O2/c1-16-13-11-19-10-12(13)14(18)17-8-6-15(7-9-17)4-2-3-5-15/h12-13,16H,2-11H2,1H3.